The van der Waals surface area contributed by atoms with Crippen LogP contribution in [0.4, 0.5) is 4.79 Å². The standard InChI is InChI=1S/C10H19NO4/c1-4-5-8(9(12)13)11-10(14)15-6-7(2)3/h7-8H,4-6H2,1-3H3,(H,11,14)(H,12,13). The van der Waals surface area contributed by atoms with E-state index >= 15 is 0 Å². The Labute approximate surface area is 89.8 Å². The fourth-order valence-electron chi connectivity index (χ4n) is 0.972. The summed E-state index contributed by atoms with van der Waals surface area (Å²) in [6, 6.07) is -0.852. The maximum absolute atomic E-state index is 11.1. The average molecular weight is 217 g/mol. The fraction of sp³-hybridized carbons (Fsp3) is 0.800. The molecule has 15 heavy (non-hydrogen) atoms. The van der Waals surface area contributed by atoms with Crippen LogP contribution in [0.3, 0.4) is 0 Å². The minimum absolute atomic E-state index is 0.241. The van der Waals surface area contributed by atoms with Crippen molar-refractivity contribution in [1.29, 1.82) is 0 Å². The van der Waals surface area contributed by atoms with Crippen molar-refractivity contribution in [3.63, 3.8) is 0 Å². The van der Waals surface area contributed by atoms with Crippen LogP contribution in [0.1, 0.15) is 33.6 Å². The van der Waals surface area contributed by atoms with E-state index in [0.717, 1.165) is 0 Å². The van der Waals surface area contributed by atoms with Gasteiger partial charge in [-0.05, 0) is 12.3 Å². The molecule has 0 saturated heterocycles. The number of alkyl carbamates (subject to hydrolysis) is 1. The van der Waals surface area contributed by atoms with Gasteiger partial charge in [-0.15, -0.1) is 0 Å². The molecule has 0 aromatic rings. The Morgan fingerprint density at radius 2 is 2.00 bits per heavy atom. The lowest BCUT2D eigenvalue weighted by Gasteiger charge is -2.14. The van der Waals surface area contributed by atoms with Crippen molar-refractivity contribution >= 4 is 12.1 Å². The SMILES string of the molecule is CCCC(NC(=O)OCC(C)C)C(=O)O. The van der Waals surface area contributed by atoms with Gasteiger partial charge in [0.05, 0.1) is 6.61 Å². The second kappa shape index (κ2) is 7.09. The summed E-state index contributed by atoms with van der Waals surface area (Å²) in [5, 5.41) is 11.1. The molecule has 0 rings (SSSR count). The van der Waals surface area contributed by atoms with E-state index in [1.165, 1.54) is 0 Å². The first-order valence-corrected chi connectivity index (χ1v) is 5.13. The Bertz CT molecular complexity index is 215. The van der Waals surface area contributed by atoms with E-state index in [1.54, 1.807) is 0 Å². The third kappa shape index (κ3) is 6.76. The molecule has 2 N–H and O–H groups in total. The first-order chi connectivity index (χ1) is 6.97. The predicted octanol–water partition coefficient (Wildman–Crippen LogP) is 1.62. The minimum atomic E-state index is -1.03. The van der Waals surface area contributed by atoms with Crippen LogP contribution in [0.2, 0.25) is 0 Å². The zero-order valence-corrected chi connectivity index (χ0v) is 9.45. The number of ether oxygens (including phenoxy) is 1. The smallest absolute Gasteiger partial charge is 0.407 e. The summed E-state index contributed by atoms with van der Waals surface area (Å²) in [5.74, 6) is -0.788. The Morgan fingerprint density at radius 3 is 2.40 bits per heavy atom. The molecule has 0 aliphatic rings. The zero-order chi connectivity index (χ0) is 11.8. The van der Waals surface area contributed by atoms with Crippen LogP contribution >= 0.6 is 0 Å². The Balaban J connectivity index is 3.94. The largest absolute Gasteiger partial charge is 0.480 e. The van der Waals surface area contributed by atoms with Crippen molar-refractivity contribution in [2.45, 2.75) is 39.7 Å². The highest BCUT2D eigenvalue weighted by Gasteiger charge is 2.19. The van der Waals surface area contributed by atoms with Crippen molar-refractivity contribution < 1.29 is 19.4 Å². The monoisotopic (exact) mass is 217 g/mol. The maximum Gasteiger partial charge on any atom is 0.407 e. The Hall–Kier alpha value is -1.26. The highest BCUT2D eigenvalue weighted by Crippen LogP contribution is 1.98. The van der Waals surface area contributed by atoms with Crippen molar-refractivity contribution in [3.05, 3.63) is 0 Å². The van der Waals surface area contributed by atoms with E-state index in [9.17, 15) is 9.59 Å². The molecule has 0 spiro atoms. The van der Waals surface area contributed by atoms with Gasteiger partial charge in [-0.2, -0.15) is 0 Å². The van der Waals surface area contributed by atoms with Crippen LogP contribution < -0.4 is 5.32 Å². The molecule has 0 saturated carbocycles. The van der Waals surface area contributed by atoms with Crippen LogP contribution in [0, 0.1) is 5.92 Å². The fourth-order valence-corrected chi connectivity index (χ4v) is 0.972. The van der Waals surface area contributed by atoms with Crippen molar-refractivity contribution in [1.82, 2.24) is 5.32 Å². The van der Waals surface area contributed by atoms with Gasteiger partial charge in [0.25, 0.3) is 0 Å². The highest BCUT2D eigenvalue weighted by molar-refractivity contribution is 5.79. The number of rotatable bonds is 6. The third-order valence-corrected chi connectivity index (χ3v) is 1.72. The van der Waals surface area contributed by atoms with Crippen LogP contribution in [0.15, 0.2) is 0 Å². The lowest BCUT2D eigenvalue weighted by atomic mass is 10.2. The first kappa shape index (κ1) is 13.7. The van der Waals surface area contributed by atoms with Crippen molar-refractivity contribution in [2.75, 3.05) is 6.61 Å². The van der Waals surface area contributed by atoms with Gasteiger partial charge in [0.15, 0.2) is 0 Å². The van der Waals surface area contributed by atoms with E-state index in [-0.39, 0.29) is 5.92 Å². The van der Waals surface area contributed by atoms with Gasteiger partial charge in [-0.3, -0.25) is 0 Å². The number of hydrogen-bond acceptors (Lipinski definition) is 3. The summed E-state index contributed by atoms with van der Waals surface area (Å²) in [6.07, 6.45) is 0.442. The number of carbonyl (C=O) groups is 2. The van der Waals surface area contributed by atoms with Gasteiger partial charge in [0.1, 0.15) is 6.04 Å². The number of carbonyl (C=O) groups excluding carboxylic acids is 1. The van der Waals surface area contributed by atoms with E-state index in [4.69, 9.17) is 9.84 Å². The minimum Gasteiger partial charge on any atom is -0.480 e. The molecule has 0 aliphatic heterocycles. The summed E-state index contributed by atoms with van der Waals surface area (Å²) >= 11 is 0. The van der Waals surface area contributed by atoms with Crippen molar-refractivity contribution in [2.24, 2.45) is 5.92 Å². The van der Waals surface area contributed by atoms with E-state index in [1.807, 2.05) is 20.8 Å². The Kier molecular flexibility index (Phi) is 6.49. The van der Waals surface area contributed by atoms with Gasteiger partial charge in [0, 0.05) is 0 Å². The molecule has 0 bridgehead atoms. The molecule has 88 valence electrons. The summed E-state index contributed by atoms with van der Waals surface area (Å²) in [7, 11) is 0. The summed E-state index contributed by atoms with van der Waals surface area (Å²) in [4.78, 5) is 21.8. The molecule has 1 amide bonds. The second-order valence-corrected chi connectivity index (χ2v) is 3.82. The van der Waals surface area contributed by atoms with Crippen LogP contribution in [0.5, 0.6) is 0 Å². The number of carboxylic acid groups (broad SMARTS) is 1. The molecule has 0 radical (unpaired) electrons. The quantitative estimate of drug-likeness (QED) is 0.709. The van der Waals surface area contributed by atoms with Gasteiger partial charge in [-0.25, -0.2) is 9.59 Å². The van der Waals surface area contributed by atoms with Gasteiger partial charge in [0.2, 0.25) is 0 Å². The first-order valence-electron chi connectivity index (χ1n) is 5.13. The van der Waals surface area contributed by atoms with Crippen LogP contribution in [-0.4, -0.2) is 29.8 Å². The molecule has 0 aromatic heterocycles. The number of nitrogens with one attached hydrogen (secondary N) is 1. The third-order valence-electron chi connectivity index (χ3n) is 1.72. The zero-order valence-electron chi connectivity index (χ0n) is 9.45. The van der Waals surface area contributed by atoms with Crippen molar-refractivity contribution in [3.8, 4) is 0 Å². The Morgan fingerprint density at radius 1 is 1.40 bits per heavy atom. The van der Waals surface area contributed by atoms with E-state index in [2.05, 4.69) is 5.32 Å². The predicted molar refractivity (Wildman–Crippen MR) is 55.7 cm³/mol. The van der Waals surface area contributed by atoms with Gasteiger partial charge >= 0.3 is 12.1 Å². The summed E-state index contributed by atoms with van der Waals surface area (Å²) < 4.78 is 4.82. The second-order valence-electron chi connectivity index (χ2n) is 3.82. The normalized spacial score (nSPS) is 12.3. The van der Waals surface area contributed by atoms with Crippen LogP contribution in [0.25, 0.3) is 0 Å². The molecule has 0 aromatic carbocycles. The van der Waals surface area contributed by atoms with Gasteiger partial charge in [-0.1, -0.05) is 27.2 Å². The molecule has 1 atom stereocenters. The van der Waals surface area contributed by atoms with E-state index in [0.29, 0.717) is 19.4 Å². The number of aliphatic carboxylic acids is 1. The molecule has 5 heteroatoms. The average Bonchev–Trinajstić information content (AvgIpc) is 2.14. The van der Waals surface area contributed by atoms with Gasteiger partial charge < -0.3 is 15.2 Å². The number of carboxylic acids is 1. The molecular weight excluding hydrogens is 198 g/mol. The molecular formula is C10H19NO4. The molecule has 0 aliphatic carbocycles. The summed E-state index contributed by atoms with van der Waals surface area (Å²) in [5.41, 5.74) is 0. The van der Waals surface area contributed by atoms with Crippen LogP contribution in [-0.2, 0) is 9.53 Å². The topological polar surface area (TPSA) is 75.6 Å². The lowest BCUT2D eigenvalue weighted by Crippen LogP contribution is -2.41. The molecule has 5 nitrogen and oxygen atoms in total. The lowest BCUT2D eigenvalue weighted by molar-refractivity contribution is -0.139. The molecule has 1 unspecified atom stereocenters. The number of amides is 1. The molecule has 0 heterocycles. The van der Waals surface area contributed by atoms with E-state index < -0.39 is 18.1 Å². The maximum atomic E-state index is 11.1. The highest BCUT2D eigenvalue weighted by atomic mass is 16.5. The molecule has 0 fully saturated rings. The summed E-state index contributed by atoms with van der Waals surface area (Å²) in [6.45, 7) is 5.98. The number of hydrogen-bond donors (Lipinski definition) is 2.